The van der Waals surface area contributed by atoms with Crippen molar-refractivity contribution in [3.63, 3.8) is 0 Å². The summed E-state index contributed by atoms with van der Waals surface area (Å²) in [5, 5.41) is 2.78. The topological polar surface area (TPSA) is 101 Å². The van der Waals surface area contributed by atoms with Crippen molar-refractivity contribution in [3.05, 3.63) is 58.1 Å². The first-order valence-corrected chi connectivity index (χ1v) is 11.1. The molecule has 1 aliphatic rings. The number of hydrogen-bond donors (Lipinski definition) is 1. The van der Waals surface area contributed by atoms with Crippen molar-refractivity contribution in [2.75, 3.05) is 18.1 Å². The highest BCUT2D eigenvalue weighted by Crippen LogP contribution is 2.26. The van der Waals surface area contributed by atoms with E-state index in [0.717, 1.165) is 16.7 Å². The second-order valence-electron chi connectivity index (χ2n) is 6.88. The van der Waals surface area contributed by atoms with Crippen LogP contribution in [0.4, 0.5) is 5.69 Å². The summed E-state index contributed by atoms with van der Waals surface area (Å²) >= 11 is 6.02. The Morgan fingerprint density at radius 3 is 2.45 bits per heavy atom. The van der Waals surface area contributed by atoms with Gasteiger partial charge in [0.15, 0.2) is 9.84 Å². The van der Waals surface area contributed by atoms with E-state index < -0.39 is 15.7 Å². The van der Waals surface area contributed by atoms with Gasteiger partial charge in [0.05, 0.1) is 26.7 Å². The van der Waals surface area contributed by atoms with Gasteiger partial charge >= 0.3 is 0 Å². The first-order chi connectivity index (χ1) is 13.6. The van der Waals surface area contributed by atoms with Crippen molar-refractivity contribution >= 4 is 44.8 Å². The summed E-state index contributed by atoms with van der Waals surface area (Å²) in [6, 6.07) is 9.14. The fourth-order valence-electron chi connectivity index (χ4n) is 3.05. The SMILES string of the molecule is Cc1ccc2c(c1)C(=O)N(CCCC(=O)Nc1cc(S(C)(=O)=O)ccc1Cl)C2=O. The molecule has 0 aromatic heterocycles. The number of fused-ring (bicyclic) bond motifs is 1. The number of rotatable bonds is 6. The molecule has 0 atom stereocenters. The normalized spacial score (nSPS) is 13.6. The van der Waals surface area contributed by atoms with Gasteiger partial charge in [-0.05, 0) is 43.7 Å². The molecular weight excluding hydrogens is 416 g/mol. The predicted molar refractivity (Wildman–Crippen MR) is 109 cm³/mol. The van der Waals surface area contributed by atoms with Gasteiger partial charge in [-0.25, -0.2) is 8.42 Å². The number of hydrogen-bond acceptors (Lipinski definition) is 5. The number of sulfone groups is 1. The van der Waals surface area contributed by atoms with E-state index in [1.165, 1.54) is 18.2 Å². The molecule has 3 rings (SSSR count). The van der Waals surface area contributed by atoms with Crippen molar-refractivity contribution in [1.29, 1.82) is 0 Å². The fourth-order valence-corrected chi connectivity index (χ4v) is 3.86. The fraction of sp³-hybridized carbons (Fsp3) is 0.250. The Morgan fingerprint density at radius 1 is 1.07 bits per heavy atom. The van der Waals surface area contributed by atoms with Crippen LogP contribution in [0.2, 0.25) is 5.02 Å². The van der Waals surface area contributed by atoms with Crippen LogP contribution in [0.3, 0.4) is 0 Å². The van der Waals surface area contributed by atoms with E-state index in [1.807, 2.05) is 6.92 Å². The summed E-state index contributed by atoms with van der Waals surface area (Å²) in [4.78, 5) is 38.2. The molecule has 7 nitrogen and oxygen atoms in total. The number of aryl methyl sites for hydroxylation is 1. The third-order valence-corrected chi connectivity index (χ3v) is 5.99. The van der Waals surface area contributed by atoms with Gasteiger partial charge in [0.2, 0.25) is 5.91 Å². The van der Waals surface area contributed by atoms with Crippen molar-refractivity contribution in [3.8, 4) is 0 Å². The lowest BCUT2D eigenvalue weighted by Crippen LogP contribution is -2.31. The maximum atomic E-state index is 12.4. The molecule has 9 heteroatoms. The van der Waals surface area contributed by atoms with Gasteiger partial charge in [0.25, 0.3) is 11.8 Å². The molecule has 1 N–H and O–H groups in total. The summed E-state index contributed by atoms with van der Waals surface area (Å²) in [7, 11) is -3.44. The van der Waals surface area contributed by atoms with Crippen molar-refractivity contribution < 1.29 is 22.8 Å². The number of amides is 3. The molecule has 0 aliphatic carbocycles. The zero-order valence-electron chi connectivity index (χ0n) is 15.9. The standard InChI is InChI=1S/C20H19ClN2O5S/c1-12-5-7-14-15(10-12)20(26)23(19(14)25)9-3-4-18(24)22-17-11-13(29(2,27)28)6-8-16(17)21/h5-8,10-11H,3-4,9H2,1-2H3,(H,22,24). The van der Waals surface area contributed by atoms with Gasteiger partial charge in [-0.3, -0.25) is 19.3 Å². The van der Waals surface area contributed by atoms with Crippen LogP contribution in [0.15, 0.2) is 41.3 Å². The maximum Gasteiger partial charge on any atom is 0.261 e. The number of anilines is 1. The van der Waals surface area contributed by atoms with Gasteiger partial charge in [0, 0.05) is 19.2 Å². The van der Waals surface area contributed by atoms with E-state index in [0.29, 0.717) is 11.1 Å². The Bertz CT molecular complexity index is 1130. The zero-order valence-corrected chi connectivity index (χ0v) is 17.4. The molecule has 29 heavy (non-hydrogen) atoms. The minimum atomic E-state index is -3.44. The molecule has 2 aromatic carbocycles. The van der Waals surface area contributed by atoms with Crippen LogP contribution in [-0.4, -0.2) is 43.8 Å². The van der Waals surface area contributed by atoms with Crippen LogP contribution in [0.1, 0.15) is 39.1 Å². The van der Waals surface area contributed by atoms with Crippen molar-refractivity contribution in [2.45, 2.75) is 24.7 Å². The Kier molecular flexibility index (Phi) is 5.77. The first-order valence-electron chi connectivity index (χ1n) is 8.84. The monoisotopic (exact) mass is 434 g/mol. The van der Waals surface area contributed by atoms with Crippen LogP contribution in [-0.2, 0) is 14.6 Å². The number of nitrogens with one attached hydrogen (secondary N) is 1. The summed E-state index contributed by atoms with van der Waals surface area (Å²) in [6.07, 6.45) is 1.36. The highest BCUT2D eigenvalue weighted by Gasteiger charge is 2.34. The van der Waals surface area contributed by atoms with E-state index in [1.54, 1.807) is 18.2 Å². The van der Waals surface area contributed by atoms with E-state index in [2.05, 4.69) is 5.32 Å². The number of imide groups is 1. The molecule has 0 bridgehead atoms. The minimum absolute atomic E-state index is 0.0336. The van der Waals surface area contributed by atoms with Crippen LogP contribution in [0.25, 0.3) is 0 Å². The summed E-state index contributed by atoms with van der Waals surface area (Å²) in [6.45, 7) is 1.95. The molecule has 0 saturated heterocycles. The van der Waals surface area contributed by atoms with Crippen LogP contribution in [0, 0.1) is 6.92 Å². The molecule has 0 fully saturated rings. The lowest BCUT2D eigenvalue weighted by molar-refractivity contribution is -0.116. The Morgan fingerprint density at radius 2 is 1.76 bits per heavy atom. The average Bonchev–Trinajstić information content (AvgIpc) is 2.87. The van der Waals surface area contributed by atoms with Crippen molar-refractivity contribution in [1.82, 2.24) is 4.90 Å². The lowest BCUT2D eigenvalue weighted by atomic mass is 10.1. The Balaban J connectivity index is 1.60. The maximum absolute atomic E-state index is 12.4. The largest absolute Gasteiger partial charge is 0.325 e. The van der Waals surface area contributed by atoms with Gasteiger partial charge in [0.1, 0.15) is 0 Å². The van der Waals surface area contributed by atoms with Gasteiger partial charge in [-0.2, -0.15) is 0 Å². The highest BCUT2D eigenvalue weighted by atomic mass is 35.5. The number of benzene rings is 2. The van der Waals surface area contributed by atoms with Crippen LogP contribution < -0.4 is 5.32 Å². The molecule has 3 amide bonds. The minimum Gasteiger partial charge on any atom is -0.325 e. The van der Waals surface area contributed by atoms with E-state index in [-0.39, 0.29) is 46.8 Å². The van der Waals surface area contributed by atoms with Crippen molar-refractivity contribution in [2.24, 2.45) is 0 Å². The molecule has 1 aliphatic heterocycles. The number of nitrogens with zero attached hydrogens (tertiary/aromatic N) is 1. The molecule has 152 valence electrons. The molecule has 0 saturated carbocycles. The van der Waals surface area contributed by atoms with E-state index in [4.69, 9.17) is 11.6 Å². The second-order valence-corrected chi connectivity index (χ2v) is 9.30. The summed E-state index contributed by atoms with van der Waals surface area (Å²) in [5.41, 5.74) is 1.83. The highest BCUT2D eigenvalue weighted by molar-refractivity contribution is 7.90. The van der Waals surface area contributed by atoms with Gasteiger partial charge in [-0.15, -0.1) is 0 Å². The molecular formula is C20H19ClN2O5S. The smallest absolute Gasteiger partial charge is 0.261 e. The van der Waals surface area contributed by atoms with E-state index >= 15 is 0 Å². The number of halogens is 1. The van der Waals surface area contributed by atoms with Gasteiger partial charge in [-0.1, -0.05) is 23.2 Å². The quantitative estimate of drug-likeness (QED) is 0.704. The Labute approximate surface area is 173 Å². The molecule has 1 heterocycles. The lowest BCUT2D eigenvalue weighted by Gasteiger charge is -2.14. The summed E-state index contributed by atoms with van der Waals surface area (Å²) < 4.78 is 23.3. The number of carbonyl (C=O) groups excluding carboxylic acids is 3. The molecule has 2 aromatic rings. The van der Waals surface area contributed by atoms with Gasteiger partial charge < -0.3 is 5.32 Å². The predicted octanol–water partition coefficient (Wildman–Crippen LogP) is 3.07. The third-order valence-electron chi connectivity index (χ3n) is 4.55. The van der Waals surface area contributed by atoms with Crippen LogP contribution >= 0.6 is 11.6 Å². The molecule has 0 unspecified atom stereocenters. The second kappa shape index (κ2) is 7.96. The van der Waals surface area contributed by atoms with Crippen LogP contribution in [0.5, 0.6) is 0 Å². The Hall–Kier alpha value is -2.71. The average molecular weight is 435 g/mol. The first kappa shape index (κ1) is 21.0. The summed E-state index contributed by atoms with van der Waals surface area (Å²) in [5.74, 6) is -1.13. The number of carbonyl (C=O) groups is 3. The zero-order chi connectivity index (χ0) is 21.3. The third kappa shape index (κ3) is 4.49. The molecule has 0 radical (unpaired) electrons. The van der Waals surface area contributed by atoms with E-state index in [9.17, 15) is 22.8 Å². The molecule has 0 spiro atoms.